The Balaban J connectivity index is 0.000000604. The van der Waals surface area contributed by atoms with Gasteiger partial charge in [0, 0.05) is 18.4 Å². The van der Waals surface area contributed by atoms with E-state index in [1.807, 2.05) is 52.0 Å². The van der Waals surface area contributed by atoms with Gasteiger partial charge in [0.15, 0.2) is 0 Å². The van der Waals surface area contributed by atoms with E-state index < -0.39 is 23.9 Å². The van der Waals surface area contributed by atoms with Crippen LogP contribution in [0.15, 0.2) is 43.5 Å². The predicted molar refractivity (Wildman–Crippen MR) is 205 cm³/mol. The van der Waals surface area contributed by atoms with Gasteiger partial charge in [0.1, 0.15) is 6.04 Å². The number of allylic oxidation sites excluding steroid dienone is 5. The number of carboxylic acid groups (broad SMARTS) is 3. The molecule has 5 rings (SSSR count). The first-order chi connectivity index (χ1) is 24.7. The average Bonchev–Trinajstić information content (AvgIpc) is 3.75. The Hall–Kier alpha value is -5.07. The summed E-state index contributed by atoms with van der Waals surface area (Å²) in [6.07, 6.45) is 6.22. The molecular weight excluding hydrogens is 716 g/mol. The first-order valence-corrected chi connectivity index (χ1v) is 17.1. The van der Waals surface area contributed by atoms with Crippen LogP contribution in [0.25, 0.3) is 50.4 Å². The van der Waals surface area contributed by atoms with Crippen LogP contribution in [-0.4, -0.2) is 55.8 Å². The minimum atomic E-state index is -0.933. The molecule has 1 unspecified atom stereocenters. The topological polar surface area (TPSA) is 218 Å². The number of unbranched alkanes of at least 4 members (excludes halogenated alkanes) is 1. The summed E-state index contributed by atoms with van der Waals surface area (Å²) in [7, 11) is 0. The van der Waals surface area contributed by atoms with Crippen LogP contribution in [-0.2, 0) is 37.9 Å². The van der Waals surface area contributed by atoms with Crippen molar-refractivity contribution in [3.63, 3.8) is 0 Å². The standard InChI is InChI=1S/C34H34N4O4.C6H14N2O2.Fe/c1-7-21-17(3)25-13-26-19(5)23(9-11-33(39)40)31(37-26)16-32-24(10-12-34(41)42)20(6)28(38-32)15-30-22(8-2)18(4)27(36-30)14-29(21)35-25;7-4-2-1-3-5(8)6(9)10;/h7-8,13-16H,1-2,9-12H2,3-6H3,(H4,35,36,37,38,39,40,41,42);5H,1-4,7-8H2,(H,9,10);/q;;+2/p-2. The van der Waals surface area contributed by atoms with E-state index in [0.717, 1.165) is 74.3 Å². The number of hydrogen-bond acceptors (Lipinski definition) is 7. The van der Waals surface area contributed by atoms with Crippen LogP contribution in [0.2, 0.25) is 0 Å². The van der Waals surface area contributed by atoms with E-state index in [1.165, 1.54) is 0 Å². The zero-order valence-corrected chi connectivity index (χ0v) is 31.6. The number of aromatic nitrogens is 4. The molecule has 280 valence electrons. The Kier molecular flexibility index (Phi) is 14.9. The molecule has 3 aromatic heterocycles. The summed E-state index contributed by atoms with van der Waals surface area (Å²) < 4.78 is 0. The van der Waals surface area contributed by atoms with Crippen molar-refractivity contribution in [2.45, 2.75) is 78.7 Å². The van der Waals surface area contributed by atoms with Crippen LogP contribution in [0.4, 0.5) is 0 Å². The van der Waals surface area contributed by atoms with Crippen molar-refractivity contribution in [1.82, 2.24) is 19.9 Å². The van der Waals surface area contributed by atoms with Crippen molar-refractivity contribution in [1.29, 1.82) is 0 Å². The third kappa shape index (κ3) is 9.88. The number of aryl methyl sites for hydroxylation is 3. The molecule has 0 radical (unpaired) electrons. The monoisotopic (exact) mass is 762 g/mol. The molecule has 8 bridgehead atoms. The van der Waals surface area contributed by atoms with E-state index in [-0.39, 0.29) is 29.9 Å². The second-order valence-corrected chi connectivity index (χ2v) is 12.8. The molecule has 0 amide bonds. The molecule has 0 fully saturated rings. The number of nitrogens with zero attached hydrogens (tertiary/aromatic N) is 4. The van der Waals surface area contributed by atoms with E-state index in [9.17, 15) is 24.6 Å². The maximum atomic E-state index is 11.5. The van der Waals surface area contributed by atoms with Crippen molar-refractivity contribution >= 4 is 68.3 Å². The summed E-state index contributed by atoms with van der Waals surface area (Å²) in [6.45, 7) is 16.5. The van der Waals surface area contributed by atoms with Gasteiger partial charge in [0.25, 0.3) is 0 Å². The first-order valence-electron chi connectivity index (χ1n) is 17.1. The smallest absolute Gasteiger partial charge is 0.657 e. The van der Waals surface area contributed by atoms with Crippen molar-refractivity contribution in [2.24, 2.45) is 11.5 Å². The summed E-state index contributed by atoms with van der Waals surface area (Å²) >= 11 is 0. The summed E-state index contributed by atoms with van der Waals surface area (Å²) in [5.74, 6) is -2.73. The predicted octanol–water partition coefficient (Wildman–Crippen LogP) is 6.29. The summed E-state index contributed by atoms with van der Waals surface area (Å²) in [5, 5.41) is 27.2. The van der Waals surface area contributed by atoms with Crippen LogP contribution < -0.4 is 21.4 Å². The van der Waals surface area contributed by atoms with Crippen LogP contribution in [0.5, 0.6) is 0 Å². The van der Waals surface area contributed by atoms with Gasteiger partial charge >= 0.3 is 35.0 Å². The molecule has 1 atom stereocenters. The van der Waals surface area contributed by atoms with Gasteiger partial charge in [-0.25, -0.2) is 9.97 Å². The largest absolute Gasteiger partial charge is 2.00 e. The molecule has 7 N–H and O–H groups in total. The Morgan fingerprint density at radius 3 is 1.91 bits per heavy atom. The Bertz CT molecular complexity index is 2160. The molecule has 0 aliphatic carbocycles. The fraction of sp³-hybridized carbons (Fsp3) is 0.325. The average molecular weight is 763 g/mol. The molecule has 0 saturated heterocycles. The van der Waals surface area contributed by atoms with Gasteiger partial charge in [-0.2, -0.15) is 0 Å². The minimum Gasteiger partial charge on any atom is -0.657 e. The Morgan fingerprint density at radius 1 is 0.755 bits per heavy atom. The maximum absolute atomic E-state index is 11.5. The number of nitrogens with two attached hydrogens (primary N) is 2. The maximum Gasteiger partial charge on any atom is 2.00 e. The van der Waals surface area contributed by atoms with Gasteiger partial charge in [-0.3, -0.25) is 14.4 Å². The van der Waals surface area contributed by atoms with Crippen molar-refractivity contribution in [3.05, 3.63) is 88.5 Å². The first kappa shape index (κ1) is 42.3. The normalized spacial score (nSPS) is 12.8. The number of rotatable bonds is 13. The molecule has 2 aliphatic heterocycles. The third-order valence-electron chi connectivity index (χ3n) is 9.35. The molecular formula is C40H46FeN6O6. The van der Waals surface area contributed by atoms with E-state index in [1.54, 1.807) is 12.2 Å². The fourth-order valence-electron chi connectivity index (χ4n) is 6.24. The van der Waals surface area contributed by atoms with Crippen LogP contribution in [0, 0.1) is 13.8 Å². The van der Waals surface area contributed by atoms with Gasteiger partial charge in [-0.05, 0) is 82.2 Å². The number of hydrogen-bond donors (Lipinski definition) is 5. The fourth-order valence-corrected chi connectivity index (χ4v) is 6.24. The molecule has 0 spiro atoms. The molecule has 0 aromatic carbocycles. The van der Waals surface area contributed by atoms with Crippen LogP contribution >= 0.6 is 0 Å². The number of carboxylic acids is 3. The van der Waals surface area contributed by atoms with Gasteiger partial charge < -0.3 is 36.8 Å². The second kappa shape index (κ2) is 18.6. The molecule has 5 heterocycles. The molecule has 12 nitrogen and oxygen atoms in total. The van der Waals surface area contributed by atoms with Gasteiger partial charge in [-0.15, -0.1) is 22.1 Å². The van der Waals surface area contributed by atoms with Gasteiger partial charge in [0.2, 0.25) is 0 Å². The SMILES string of the molecule is C=CC1=C(C)c2cc3[n-]c(cc4nc(cc5[n-]c(cc1n2)c(C)c5C=C)C(C)=C4CCC(=O)O)c(CCC(=O)O)c3C.NCCCCC(N)C(=O)O.[Fe+2]. The summed E-state index contributed by atoms with van der Waals surface area (Å²) in [4.78, 5) is 52.9. The summed E-state index contributed by atoms with van der Waals surface area (Å²) in [5.41, 5.74) is 23.0. The molecule has 53 heavy (non-hydrogen) atoms. The van der Waals surface area contributed by atoms with Crippen LogP contribution in [0.3, 0.4) is 0 Å². The van der Waals surface area contributed by atoms with E-state index in [0.29, 0.717) is 53.7 Å². The van der Waals surface area contributed by atoms with E-state index in [2.05, 4.69) is 13.2 Å². The number of aliphatic carboxylic acids is 3. The van der Waals surface area contributed by atoms with Gasteiger partial charge in [0.05, 0.1) is 22.8 Å². The van der Waals surface area contributed by atoms with Crippen molar-refractivity contribution in [2.75, 3.05) is 6.54 Å². The van der Waals surface area contributed by atoms with Gasteiger partial charge in [-0.1, -0.05) is 72.7 Å². The molecule has 0 saturated carbocycles. The molecule has 2 aliphatic rings. The van der Waals surface area contributed by atoms with Crippen molar-refractivity contribution in [3.8, 4) is 0 Å². The Labute approximate surface area is 319 Å². The van der Waals surface area contributed by atoms with E-state index >= 15 is 0 Å². The molecule has 3 aromatic rings. The third-order valence-corrected chi connectivity index (χ3v) is 9.35. The zero-order chi connectivity index (χ0) is 38.3. The number of carbonyl (C=O) groups is 3. The quantitative estimate of drug-likeness (QED) is 0.0959. The summed E-state index contributed by atoms with van der Waals surface area (Å²) in [6, 6.07) is 6.90. The number of fused-ring (bicyclic) bond motifs is 8. The minimum absolute atomic E-state index is 0. The zero-order valence-electron chi connectivity index (χ0n) is 30.5. The van der Waals surface area contributed by atoms with Crippen LogP contribution in [0.1, 0.15) is 97.4 Å². The Morgan fingerprint density at radius 2 is 1.30 bits per heavy atom. The molecule has 13 heteroatoms. The van der Waals surface area contributed by atoms with Crippen molar-refractivity contribution < 1.29 is 46.8 Å². The second-order valence-electron chi connectivity index (χ2n) is 12.8. The van der Waals surface area contributed by atoms with E-state index in [4.69, 9.17) is 36.5 Å².